The molecule has 2 aromatic rings. The Balaban J connectivity index is 2.01. The van der Waals surface area contributed by atoms with Gasteiger partial charge in [-0.05, 0) is 50.2 Å². The molecule has 1 aliphatic carbocycles. The summed E-state index contributed by atoms with van der Waals surface area (Å²) in [4.78, 5) is 2.07. The van der Waals surface area contributed by atoms with E-state index in [0.717, 1.165) is 30.5 Å². The Morgan fingerprint density at radius 2 is 1.92 bits per heavy atom. The van der Waals surface area contributed by atoms with Crippen LogP contribution < -0.4 is 0 Å². The topological polar surface area (TPSA) is 23.5 Å². The molecule has 4 heteroatoms. The fourth-order valence-electron chi connectivity index (χ4n) is 3.91. The van der Waals surface area contributed by atoms with Crippen molar-refractivity contribution >= 4 is 17.7 Å². The first kappa shape index (κ1) is 19.1. The van der Waals surface area contributed by atoms with Gasteiger partial charge >= 0.3 is 0 Å². The highest BCUT2D eigenvalue weighted by molar-refractivity contribution is 6.31. The van der Waals surface area contributed by atoms with Crippen LogP contribution in [0.3, 0.4) is 0 Å². The van der Waals surface area contributed by atoms with Crippen LogP contribution in [0.25, 0.3) is 6.08 Å². The van der Waals surface area contributed by atoms with E-state index in [1.807, 2.05) is 50.5 Å². The van der Waals surface area contributed by atoms with E-state index in [9.17, 15) is 9.50 Å². The van der Waals surface area contributed by atoms with E-state index in [-0.39, 0.29) is 18.2 Å². The summed E-state index contributed by atoms with van der Waals surface area (Å²) in [6.07, 6.45) is 3.91. The molecule has 2 atom stereocenters. The van der Waals surface area contributed by atoms with Crippen molar-refractivity contribution in [1.29, 1.82) is 0 Å². The monoisotopic (exact) mass is 373 g/mol. The molecule has 0 spiro atoms. The van der Waals surface area contributed by atoms with Crippen LogP contribution in [0, 0.1) is 11.7 Å². The van der Waals surface area contributed by atoms with Crippen LogP contribution in [0.5, 0.6) is 0 Å². The molecule has 0 bridgehead atoms. The normalized spacial score (nSPS) is 24.5. The van der Waals surface area contributed by atoms with Gasteiger partial charge in [-0.2, -0.15) is 0 Å². The average Bonchev–Trinajstić information content (AvgIpc) is 2.88. The van der Waals surface area contributed by atoms with E-state index < -0.39 is 5.60 Å². The zero-order valence-corrected chi connectivity index (χ0v) is 16.0. The molecule has 1 fully saturated rings. The third-order valence-corrected chi connectivity index (χ3v) is 5.58. The first-order valence-corrected chi connectivity index (χ1v) is 9.34. The molecule has 2 aromatic carbocycles. The highest BCUT2D eigenvalue weighted by Gasteiger charge is 2.45. The number of halogens is 2. The van der Waals surface area contributed by atoms with Crippen LogP contribution in [0.15, 0.2) is 54.1 Å². The van der Waals surface area contributed by atoms with Gasteiger partial charge in [0.25, 0.3) is 0 Å². The molecule has 1 saturated carbocycles. The number of hydrogen-bond acceptors (Lipinski definition) is 2. The van der Waals surface area contributed by atoms with Crippen molar-refractivity contribution in [3.05, 3.63) is 76.1 Å². The molecule has 138 valence electrons. The van der Waals surface area contributed by atoms with Gasteiger partial charge in [0.05, 0.1) is 5.60 Å². The maximum Gasteiger partial charge on any atom is 0.128 e. The number of hydrogen-bond donors (Lipinski definition) is 1. The van der Waals surface area contributed by atoms with Gasteiger partial charge in [0, 0.05) is 29.5 Å². The Bertz CT molecular complexity index is 770. The lowest BCUT2D eigenvalue weighted by molar-refractivity contribution is 0.0250. The molecule has 0 radical (unpaired) electrons. The van der Waals surface area contributed by atoms with Gasteiger partial charge < -0.3 is 10.0 Å². The number of nitrogens with zero attached hydrogens (tertiary/aromatic N) is 1. The van der Waals surface area contributed by atoms with E-state index >= 15 is 0 Å². The summed E-state index contributed by atoms with van der Waals surface area (Å²) in [7, 11) is 3.99. The van der Waals surface area contributed by atoms with Crippen LogP contribution in [0.1, 0.15) is 24.0 Å². The lowest BCUT2D eigenvalue weighted by Crippen LogP contribution is -2.42. The van der Waals surface area contributed by atoms with Crippen molar-refractivity contribution in [2.45, 2.75) is 24.9 Å². The van der Waals surface area contributed by atoms with Gasteiger partial charge in [0.2, 0.25) is 0 Å². The zero-order chi connectivity index (χ0) is 18.7. The average molecular weight is 374 g/mol. The third-order valence-electron chi connectivity index (χ3n) is 5.23. The number of aliphatic hydroxyl groups is 1. The van der Waals surface area contributed by atoms with Crippen LogP contribution in [0.4, 0.5) is 4.39 Å². The molecule has 26 heavy (non-hydrogen) atoms. The minimum atomic E-state index is -1.11. The molecule has 2 unspecified atom stereocenters. The largest absolute Gasteiger partial charge is 0.385 e. The van der Waals surface area contributed by atoms with Crippen molar-refractivity contribution < 1.29 is 9.50 Å². The molecule has 0 aliphatic heterocycles. The number of rotatable bonds is 5. The van der Waals surface area contributed by atoms with Crippen molar-refractivity contribution in [2.75, 3.05) is 20.6 Å². The first-order chi connectivity index (χ1) is 12.4. The summed E-state index contributed by atoms with van der Waals surface area (Å²) in [5, 5.41) is 12.1. The second-order valence-electron chi connectivity index (χ2n) is 7.38. The Hall–Kier alpha value is -1.68. The fraction of sp³-hybridized carbons (Fsp3) is 0.364. The van der Waals surface area contributed by atoms with E-state index in [1.165, 1.54) is 6.07 Å². The minimum Gasteiger partial charge on any atom is -0.385 e. The maximum atomic E-state index is 14.4. The van der Waals surface area contributed by atoms with Gasteiger partial charge in [-0.15, -0.1) is 0 Å². The molecular formula is C22H25ClFNO. The van der Waals surface area contributed by atoms with Gasteiger partial charge in [0.1, 0.15) is 5.82 Å². The van der Waals surface area contributed by atoms with Crippen LogP contribution in [-0.4, -0.2) is 36.2 Å². The van der Waals surface area contributed by atoms with Crippen molar-refractivity contribution in [2.24, 2.45) is 5.92 Å². The van der Waals surface area contributed by atoms with Gasteiger partial charge in [-0.3, -0.25) is 0 Å². The Kier molecular flexibility index (Phi) is 5.81. The molecule has 2 nitrogen and oxygen atoms in total. The van der Waals surface area contributed by atoms with Crippen molar-refractivity contribution in [3.63, 3.8) is 0 Å². The minimum absolute atomic E-state index is 0.0307. The quantitative estimate of drug-likeness (QED) is 0.813. The standard InChI is InChI=1S/C22H25ClFNO/c1-25(2)15-18-12-11-17(13-16-7-4-3-5-8-16)22(18,26)14-19-20(23)9-6-10-21(19)24/h3-10,13,18,26H,11-12,14-15H2,1-2H3. The maximum absolute atomic E-state index is 14.4. The zero-order valence-electron chi connectivity index (χ0n) is 15.3. The van der Waals surface area contributed by atoms with Gasteiger partial charge in [0.15, 0.2) is 0 Å². The summed E-state index contributed by atoms with van der Waals surface area (Å²) in [6.45, 7) is 0.745. The number of benzene rings is 2. The summed E-state index contributed by atoms with van der Waals surface area (Å²) in [5.74, 6) is -0.330. The molecule has 0 aromatic heterocycles. The van der Waals surface area contributed by atoms with Crippen LogP contribution >= 0.6 is 11.6 Å². The summed E-state index contributed by atoms with van der Waals surface area (Å²) in [5.41, 5.74) is 1.29. The molecule has 1 N–H and O–H groups in total. The summed E-state index contributed by atoms with van der Waals surface area (Å²) < 4.78 is 14.4. The predicted octanol–water partition coefficient (Wildman–Crippen LogP) is 4.81. The van der Waals surface area contributed by atoms with E-state index in [4.69, 9.17) is 11.6 Å². The smallest absolute Gasteiger partial charge is 0.128 e. The van der Waals surface area contributed by atoms with Crippen LogP contribution in [-0.2, 0) is 6.42 Å². The van der Waals surface area contributed by atoms with E-state index in [0.29, 0.717) is 10.6 Å². The lowest BCUT2D eigenvalue weighted by atomic mass is 9.81. The van der Waals surface area contributed by atoms with Crippen molar-refractivity contribution in [1.82, 2.24) is 4.90 Å². The Morgan fingerprint density at radius 1 is 1.19 bits per heavy atom. The molecule has 0 saturated heterocycles. The Morgan fingerprint density at radius 3 is 2.58 bits per heavy atom. The highest BCUT2D eigenvalue weighted by atomic mass is 35.5. The highest BCUT2D eigenvalue weighted by Crippen LogP contribution is 2.44. The van der Waals surface area contributed by atoms with Gasteiger partial charge in [-0.1, -0.05) is 54.1 Å². The predicted molar refractivity (Wildman–Crippen MR) is 106 cm³/mol. The van der Waals surface area contributed by atoms with Gasteiger partial charge in [-0.25, -0.2) is 4.39 Å². The van der Waals surface area contributed by atoms with Crippen LogP contribution in [0.2, 0.25) is 5.02 Å². The third kappa shape index (κ3) is 4.01. The molecule has 0 heterocycles. The summed E-state index contributed by atoms with van der Waals surface area (Å²) >= 11 is 6.25. The fourth-order valence-corrected chi connectivity index (χ4v) is 4.14. The SMILES string of the molecule is CN(C)CC1CCC(=Cc2ccccc2)C1(O)Cc1c(F)cccc1Cl. The van der Waals surface area contributed by atoms with E-state index in [2.05, 4.69) is 4.90 Å². The first-order valence-electron chi connectivity index (χ1n) is 8.96. The Labute approximate surface area is 159 Å². The lowest BCUT2D eigenvalue weighted by Gasteiger charge is -2.34. The molecular weight excluding hydrogens is 349 g/mol. The summed E-state index contributed by atoms with van der Waals surface area (Å²) in [6, 6.07) is 14.6. The second-order valence-corrected chi connectivity index (χ2v) is 7.79. The van der Waals surface area contributed by atoms with Crippen molar-refractivity contribution in [3.8, 4) is 0 Å². The second kappa shape index (κ2) is 7.91. The molecule has 3 rings (SSSR count). The molecule has 0 amide bonds. The molecule has 1 aliphatic rings. The van der Waals surface area contributed by atoms with E-state index in [1.54, 1.807) is 12.1 Å².